The Bertz CT molecular complexity index is 1070. The number of ether oxygens (including phenoxy) is 1. The number of benzene rings is 1. The van der Waals surface area contributed by atoms with Crippen molar-refractivity contribution in [1.29, 1.82) is 0 Å². The maximum absolute atomic E-state index is 12.4. The minimum Gasteiger partial charge on any atom is -0.406 e. The molecule has 0 unspecified atom stereocenters. The van der Waals surface area contributed by atoms with Crippen LogP contribution in [0.5, 0.6) is 5.75 Å². The number of fused-ring (bicyclic) bond motifs is 1. The van der Waals surface area contributed by atoms with Gasteiger partial charge in [-0.2, -0.15) is 14.7 Å². The van der Waals surface area contributed by atoms with Crippen LogP contribution < -0.4 is 4.74 Å². The second-order valence-electron chi connectivity index (χ2n) is 5.50. The quantitative estimate of drug-likeness (QED) is 0.587. The highest BCUT2D eigenvalue weighted by molar-refractivity contribution is 7.19. The first-order chi connectivity index (χ1) is 12.4. The number of alkyl halides is 3. The molecule has 3 heterocycles. The molecule has 26 heavy (non-hydrogen) atoms. The van der Waals surface area contributed by atoms with Crippen LogP contribution in [0.15, 0.2) is 30.5 Å². The fourth-order valence-electron chi connectivity index (χ4n) is 2.48. The molecule has 1 N–H and O–H groups in total. The van der Waals surface area contributed by atoms with Gasteiger partial charge in [0.25, 0.3) is 0 Å². The Kier molecular flexibility index (Phi) is 3.87. The third kappa shape index (κ3) is 3.25. The molecule has 7 nitrogen and oxygen atoms in total. The number of halogens is 3. The van der Waals surface area contributed by atoms with E-state index in [1.165, 1.54) is 29.5 Å². The summed E-state index contributed by atoms with van der Waals surface area (Å²) in [6.45, 7) is 1.89. The summed E-state index contributed by atoms with van der Waals surface area (Å²) in [5.74, 6) is 0.247. The van der Waals surface area contributed by atoms with Crippen LogP contribution in [0.25, 0.3) is 15.5 Å². The Morgan fingerprint density at radius 3 is 2.85 bits per heavy atom. The summed E-state index contributed by atoms with van der Waals surface area (Å²) in [6, 6.07) is 5.76. The molecule has 1 aromatic carbocycles. The second-order valence-corrected chi connectivity index (χ2v) is 6.45. The highest BCUT2D eigenvalue weighted by atomic mass is 32.1. The molecule has 0 aliphatic carbocycles. The van der Waals surface area contributed by atoms with Crippen LogP contribution in [-0.4, -0.2) is 36.4 Å². The average molecular weight is 380 g/mol. The van der Waals surface area contributed by atoms with Crippen LogP contribution in [0.1, 0.15) is 17.1 Å². The molecular weight excluding hydrogens is 369 g/mol. The van der Waals surface area contributed by atoms with E-state index in [9.17, 15) is 13.2 Å². The molecule has 0 spiro atoms. The number of rotatable bonds is 4. The van der Waals surface area contributed by atoms with Gasteiger partial charge in [0.05, 0.1) is 11.8 Å². The third-order valence-electron chi connectivity index (χ3n) is 3.61. The van der Waals surface area contributed by atoms with Gasteiger partial charge in [0, 0.05) is 12.1 Å². The summed E-state index contributed by atoms with van der Waals surface area (Å²) < 4.78 is 42.6. The molecule has 0 amide bonds. The maximum Gasteiger partial charge on any atom is 0.573 e. The van der Waals surface area contributed by atoms with Crippen molar-refractivity contribution in [2.75, 3.05) is 0 Å². The molecule has 0 saturated heterocycles. The summed E-state index contributed by atoms with van der Waals surface area (Å²) in [5.41, 5.74) is 2.36. The standard InChI is InChI=1S/C15H11F3N6OS/c1-8-11(7-19-20-8)13-23-24-12(21-22-14(24)26-13)6-9-3-2-4-10(5-9)25-15(16,17)18/h2-5,7H,6H2,1H3,(H,19,20). The van der Waals surface area contributed by atoms with E-state index >= 15 is 0 Å². The molecule has 0 fully saturated rings. The number of aromatic amines is 1. The number of nitrogens with one attached hydrogen (secondary N) is 1. The minimum atomic E-state index is -4.73. The zero-order chi connectivity index (χ0) is 18.3. The van der Waals surface area contributed by atoms with Gasteiger partial charge in [0.1, 0.15) is 5.75 Å². The Morgan fingerprint density at radius 1 is 1.27 bits per heavy atom. The number of aryl methyl sites for hydroxylation is 1. The lowest BCUT2D eigenvalue weighted by atomic mass is 10.1. The van der Waals surface area contributed by atoms with Crippen molar-refractivity contribution >= 4 is 16.3 Å². The lowest BCUT2D eigenvalue weighted by Gasteiger charge is -2.09. The Labute approximate surface area is 148 Å². The molecule has 0 aliphatic rings. The van der Waals surface area contributed by atoms with Crippen molar-refractivity contribution in [2.45, 2.75) is 19.7 Å². The van der Waals surface area contributed by atoms with Gasteiger partial charge in [-0.25, -0.2) is 0 Å². The Hall–Kier alpha value is -2.95. The molecule has 0 radical (unpaired) electrons. The predicted octanol–water partition coefficient (Wildman–Crippen LogP) is 3.37. The lowest BCUT2D eigenvalue weighted by Crippen LogP contribution is -2.17. The molecule has 0 atom stereocenters. The number of H-pyrrole nitrogens is 1. The first-order valence-electron chi connectivity index (χ1n) is 7.45. The first kappa shape index (κ1) is 16.5. The third-order valence-corrected chi connectivity index (χ3v) is 4.54. The summed E-state index contributed by atoms with van der Waals surface area (Å²) in [6.07, 6.45) is -2.78. The Morgan fingerprint density at radius 2 is 2.12 bits per heavy atom. The van der Waals surface area contributed by atoms with Gasteiger partial charge >= 0.3 is 6.36 Å². The van der Waals surface area contributed by atoms with Crippen LogP contribution in [0.4, 0.5) is 13.2 Å². The number of nitrogens with zero attached hydrogens (tertiary/aromatic N) is 5. The topological polar surface area (TPSA) is 81.0 Å². The molecule has 3 aromatic heterocycles. The van der Waals surface area contributed by atoms with Crippen molar-refractivity contribution in [1.82, 2.24) is 30.0 Å². The van der Waals surface area contributed by atoms with E-state index in [1.807, 2.05) is 6.92 Å². The van der Waals surface area contributed by atoms with E-state index in [1.54, 1.807) is 16.8 Å². The van der Waals surface area contributed by atoms with E-state index in [0.29, 0.717) is 16.3 Å². The molecule has 4 aromatic rings. The van der Waals surface area contributed by atoms with E-state index in [-0.39, 0.29) is 12.2 Å². The second kappa shape index (κ2) is 6.09. The molecular formula is C15H11F3N6OS. The van der Waals surface area contributed by atoms with E-state index in [4.69, 9.17) is 0 Å². The van der Waals surface area contributed by atoms with Crippen molar-refractivity contribution in [2.24, 2.45) is 0 Å². The van der Waals surface area contributed by atoms with E-state index in [2.05, 4.69) is 30.2 Å². The van der Waals surface area contributed by atoms with Crippen LogP contribution >= 0.6 is 11.3 Å². The van der Waals surface area contributed by atoms with Gasteiger partial charge in [-0.3, -0.25) is 5.10 Å². The van der Waals surface area contributed by atoms with Gasteiger partial charge in [-0.05, 0) is 24.6 Å². The number of aromatic nitrogens is 6. The van der Waals surface area contributed by atoms with E-state index < -0.39 is 6.36 Å². The molecule has 4 rings (SSSR count). The monoisotopic (exact) mass is 380 g/mol. The zero-order valence-electron chi connectivity index (χ0n) is 13.3. The van der Waals surface area contributed by atoms with Crippen molar-refractivity contribution < 1.29 is 17.9 Å². The fourth-order valence-corrected chi connectivity index (χ4v) is 3.40. The zero-order valence-corrected chi connectivity index (χ0v) is 14.1. The SMILES string of the molecule is Cc1[nH]ncc1-c1nn2c(Cc3cccc(OC(F)(F)F)c3)nnc2s1. The molecule has 11 heteroatoms. The lowest BCUT2D eigenvalue weighted by molar-refractivity contribution is -0.274. The largest absolute Gasteiger partial charge is 0.573 e. The van der Waals surface area contributed by atoms with Crippen molar-refractivity contribution in [3.63, 3.8) is 0 Å². The summed E-state index contributed by atoms with van der Waals surface area (Å²) in [4.78, 5) is 0.596. The number of hydrogen-bond donors (Lipinski definition) is 1. The average Bonchev–Trinajstić information content (AvgIpc) is 3.23. The fraction of sp³-hybridized carbons (Fsp3) is 0.200. The van der Waals surface area contributed by atoms with Crippen molar-refractivity contribution in [3.05, 3.63) is 47.5 Å². The summed E-state index contributed by atoms with van der Waals surface area (Å²) in [7, 11) is 0. The van der Waals surface area contributed by atoms with Gasteiger partial charge in [-0.1, -0.05) is 23.5 Å². The first-order valence-corrected chi connectivity index (χ1v) is 8.27. The normalized spacial score (nSPS) is 12.0. The van der Waals surface area contributed by atoms with Crippen LogP contribution in [0.2, 0.25) is 0 Å². The minimum absolute atomic E-state index is 0.268. The summed E-state index contributed by atoms with van der Waals surface area (Å²) >= 11 is 1.36. The summed E-state index contributed by atoms with van der Waals surface area (Å²) in [5, 5.41) is 20.2. The van der Waals surface area contributed by atoms with E-state index in [0.717, 1.165) is 16.3 Å². The van der Waals surface area contributed by atoms with Crippen LogP contribution in [0.3, 0.4) is 0 Å². The Balaban J connectivity index is 1.63. The maximum atomic E-state index is 12.4. The molecule has 0 bridgehead atoms. The van der Waals surface area contributed by atoms with Gasteiger partial charge in [0.2, 0.25) is 4.96 Å². The van der Waals surface area contributed by atoms with Crippen molar-refractivity contribution in [3.8, 4) is 16.3 Å². The number of hydrogen-bond acceptors (Lipinski definition) is 6. The highest BCUT2D eigenvalue weighted by Crippen LogP contribution is 2.28. The predicted molar refractivity (Wildman–Crippen MR) is 86.9 cm³/mol. The molecule has 0 aliphatic heterocycles. The van der Waals surface area contributed by atoms with Gasteiger partial charge in [-0.15, -0.1) is 23.4 Å². The van der Waals surface area contributed by atoms with Gasteiger partial charge in [0.15, 0.2) is 10.8 Å². The molecule has 0 saturated carbocycles. The smallest absolute Gasteiger partial charge is 0.406 e. The molecule has 134 valence electrons. The highest BCUT2D eigenvalue weighted by Gasteiger charge is 2.31. The van der Waals surface area contributed by atoms with Crippen LogP contribution in [0, 0.1) is 6.92 Å². The van der Waals surface area contributed by atoms with Gasteiger partial charge < -0.3 is 4.74 Å². The van der Waals surface area contributed by atoms with Crippen LogP contribution in [-0.2, 0) is 6.42 Å².